The predicted octanol–water partition coefficient (Wildman–Crippen LogP) is 4.82. The maximum Gasteiger partial charge on any atom is 0.417 e. The summed E-state index contributed by atoms with van der Waals surface area (Å²) < 4.78 is 47.4. The fourth-order valence-corrected chi connectivity index (χ4v) is 3.14. The molecular weight excluding hydrogens is 397 g/mol. The van der Waals surface area contributed by atoms with Crippen molar-refractivity contribution in [2.45, 2.75) is 45.9 Å². The number of aromatic nitrogens is 3. The van der Waals surface area contributed by atoms with Crippen molar-refractivity contribution in [3.63, 3.8) is 0 Å². The number of pyridine rings is 1. The average molecular weight is 420 g/mol. The summed E-state index contributed by atoms with van der Waals surface area (Å²) in [5.41, 5.74) is 1.05. The van der Waals surface area contributed by atoms with Gasteiger partial charge in [0.2, 0.25) is 5.88 Å². The summed E-state index contributed by atoms with van der Waals surface area (Å²) in [6.45, 7) is 7.06. The minimum Gasteiger partial charge on any atom is -0.464 e. The number of hydrogen-bond acceptors (Lipinski definition) is 4. The van der Waals surface area contributed by atoms with Gasteiger partial charge < -0.3 is 10.1 Å². The number of benzene rings is 1. The Bertz CT molecular complexity index is 1070. The van der Waals surface area contributed by atoms with E-state index in [2.05, 4.69) is 29.2 Å². The summed E-state index contributed by atoms with van der Waals surface area (Å²) in [4.78, 5) is 16.6. The van der Waals surface area contributed by atoms with Crippen molar-refractivity contribution in [3.8, 4) is 5.88 Å². The number of alkyl halides is 3. The van der Waals surface area contributed by atoms with Crippen LogP contribution in [0.3, 0.4) is 0 Å². The van der Waals surface area contributed by atoms with Crippen LogP contribution >= 0.6 is 0 Å². The number of carbonyl (C=O) groups is 1. The third kappa shape index (κ3) is 4.39. The number of nitrogens with one attached hydrogen (secondary N) is 1. The summed E-state index contributed by atoms with van der Waals surface area (Å²) in [5.74, 6) is -0.434. The number of carbonyl (C=O) groups excluding carboxylic acids is 1. The number of amides is 1. The van der Waals surface area contributed by atoms with Crippen molar-refractivity contribution >= 4 is 22.6 Å². The van der Waals surface area contributed by atoms with Crippen LogP contribution in [0.25, 0.3) is 11.0 Å². The molecule has 6 nitrogen and oxygen atoms in total. The molecule has 30 heavy (non-hydrogen) atoms. The highest BCUT2D eigenvalue weighted by atomic mass is 19.4. The lowest BCUT2D eigenvalue weighted by Gasteiger charge is -2.16. The SMILES string of the molecule is Cc1nn(C)c2nc(O[C@H](C)C(=O)Nc3ccc(C(C)C)cc3)cc(C(F)(F)F)c12. The number of aryl methyl sites for hydroxylation is 2. The Morgan fingerprint density at radius 3 is 2.37 bits per heavy atom. The fraction of sp³-hybridized carbons (Fsp3) is 0.381. The highest BCUT2D eigenvalue weighted by Gasteiger charge is 2.36. The minimum absolute atomic E-state index is 0.0363. The molecular formula is C21H23F3N4O2. The van der Waals surface area contributed by atoms with Crippen LogP contribution in [-0.4, -0.2) is 26.8 Å². The zero-order valence-electron chi connectivity index (χ0n) is 17.3. The molecule has 9 heteroatoms. The average Bonchev–Trinajstić information content (AvgIpc) is 2.94. The normalized spacial score (nSPS) is 13.0. The number of nitrogens with zero attached hydrogens (tertiary/aromatic N) is 3. The van der Waals surface area contributed by atoms with E-state index in [9.17, 15) is 18.0 Å². The molecule has 0 aliphatic rings. The molecule has 3 rings (SSSR count). The van der Waals surface area contributed by atoms with Gasteiger partial charge in [0.05, 0.1) is 16.6 Å². The van der Waals surface area contributed by atoms with E-state index in [1.54, 1.807) is 12.1 Å². The molecule has 0 unspecified atom stereocenters. The number of hydrogen-bond donors (Lipinski definition) is 1. The standard InChI is InChI=1S/C21H23F3N4O2/c1-11(2)14-6-8-15(9-7-14)25-20(29)13(4)30-17-10-16(21(22,23)24)18-12(3)27-28(5)19(18)26-17/h6-11,13H,1-5H3,(H,25,29)/t13-/m1/s1. The molecule has 3 aromatic rings. The smallest absolute Gasteiger partial charge is 0.417 e. The van der Waals surface area contributed by atoms with Crippen molar-refractivity contribution < 1.29 is 22.7 Å². The second kappa shape index (κ2) is 7.97. The van der Waals surface area contributed by atoms with Gasteiger partial charge in [0.25, 0.3) is 5.91 Å². The van der Waals surface area contributed by atoms with E-state index in [0.717, 1.165) is 11.6 Å². The van der Waals surface area contributed by atoms with Crippen LogP contribution in [0, 0.1) is 6.92 Å². The molecule has 0 saturated heterocycles. The van der Waals surface area contributed by atoms with Crippen LogP contribution in [-0.2, 0) is 18.0 Å². The lowest BCUT2D eigenvalue weighted by Crippen LogP contribution is -2.30. The van der Waals surface area contributed by atoms with Gasteiger partial charge in [-0.15, -0.1) is 0 Å². The number of ether oxygens (including phenoxy) is 1. The molecule has 1 atom stereocenters. The molecule has 0 saturated carbocycles. The van der Waals surface area contributed by atoms with Crippen LogP contribution in [0.2, 0.25) is 0 Å². The second-order valence-electron chi connectivity index (χ2n) is 7.44. The van der Waals surface area contributed by atoms with Crippen molar-refractivity contribution in [2.75, 3.05) is 5.32 Å². The maximum absolute atomic E-state index is 13.6. The van der Waals surface area contributed by atoms with Crippen molar-refractivity contribution in [2.24, 2.45) is 7.05 Å². The molecule has 0 spiro atoms. The third-order valence-corrected chi connectivity index (χ3v) is 4.76. The van der Waals surface area contributed by atoms with Crippen LogP contribution < -0.4 is 10.1 Å². The maximum atomic E-state index is 13.6. The van der Waals surface area contributed by atoms with Gasteiger partial charge in [-0.05, 0) is 37.5 Å². The van der Waals surface area contributed by atoms with E-state index in [1.165, 1.54) is 25.6 Å². The summed E-state index contributed by atoms with van der Waals surface area (Å²) in [6, 6.07) is 8.15. The molecule has 0 aliphatic heterocycles. The fourth-order valence-electron chi connectivity index (χ4n) is 3.14. The van der Waals surface area contributed by atoms with E-state index in [1.807, 2.05) is 12.1 Å². The zero-order chi connectivity index (χ0) is 22.2. The summed E-state index contributed by atoms with van der Waals surface area (Å²) in [5, 5.41) is 6.62. The lowest BCUT2D eigenvalue weighted by atomic mass is 10.0. The molecule has 0 fully saturated rings. The van der Waals surface area contributed by atoms with E-state index in [0.29, 0.717) is 11.6 Å². The Hall–Kier alpha value is -3.10. The molecule has 1 N–H and O–H groups in total. The third-order valence-electron chi connectivity index (χ3n) is 4.76. The van der Waals surface area contributed by atoms with E-state index in [-0.39, 0.29) is 22.6 Å². The highest BCUT2D eigenvalue weighted by Crippen LogP contribution is 2.37. The summed E-state index contributed by atoms with van der Waals surface area (Å²) in [6.07, 6.45) is -5.67. The first-order valence-corrected chi connectivity index (χ1v) is 9.46. The van der Waals surface area contributed by atoms with Gasteiger partial charge in [0.15, 0.2) is 11.8 Å². The largest absolute Gasteiger partial charge is 0.464 e. The summed E-state index contributed by atoms with van der Waals surface area (Å²) in [7, 11) is 1.50. The Balaban J connectivity index is 1.83. The second-order valence-corrected chi connectivity index (χ2v) is 7.44. The molecule has 160 valence electrons. The molecule has 2 heterocycles. The Morgan fingerprint density at radius 2 is 1.80 bits per heavy atom. The van der Waals surface area contributed by atoms with Crippen molar-refractivity contribution in [3.05, 3.63) is 47.2 Å². The van der Waals surface area contributed by atoms with Gasteiger partial charge >= 0.3 is 6.18 Å². The van der Waals surface area contributed by atoms with E-state index in [4.69, 9.17) is 4.74 Å². The van der Waals surface area contributed by atoms with Crippen LogP contribution in [0.15, 0.2) is 30.3 Å². The number of halogens is 3. The lowest BCUT2D eigenvalue weighted by molar-refractivity contribution is -0.136. The van der Waals surface area contributed by atoms with Gasteiger partial charge in [0, 0.05) is 18.8 Å². The monoisotopic (exact) mass is 420 g/mol. The van der Waals surface area contributed by atoms with Crippen LogP contribution in [0.1, 0.15) is 43.5 Å². The Labute approximate surface area is 172 Å². The summed E-state index contributed by atoms with van der Waals surface area (Å²) >= 11 is 0. The molecule has 0 bridgehead atoms. The number of fused-ring (bicyclic) bond motifs is 1. The van der Waals surface area contributed by atoms with Crippen LogP contribution in [0.4, 0.5) is 18.9 Å². The number of anilines is 1. The van der Waals surface area contributed by atoms with Gasteiger partial charge in [-0.25, -0.2) is 0 Å². The van der Waals surface area contributed by atoms with E-state index < -0.39 is 23.8 Å². The zero-order valence-corrected chi connectivity index (χ0v) is 17.3. The number of rotatable bonds is 5. The minimum atomic E-state index is -4.61. The van der Waals surface area contributed by atoms with Gasteiger partial charge in [-0.1, -0.05) is 26.0 Å². The molecule has 1 amide bonds. The molecule has 0 aliphatic carbocycles. The predicted molar refractivity (Wildman–Crippen MR) is 107 cm³/mol. The van der Waals surface area contributed by atoms with Gasteiger partial charge in [0.1, 0.15) is 0 Å². The van der Waals surface area contributed by atoms with E-state index >= 15 is 0 Å². The topological polar surface area (TPSA) is 69.0 Å². The van der Waals surface area contributed by atoms with Crippen molar-refractivity contribution in [1.29, 1.82) is 0 Å². The highest BCUT2D eigenvalue weighted by molar-refractivity contribution is 5.94. The quantitative estimate of drug-likeness (QED) is 0.642. The molecule has 2 aromatic heterocycles. The van der Waals surface area contributed by atoms with Gasteiger partial charge in [-0.2, -0.15) is 23.3 Å². The first kappa shape index (κ1) is 21.6. The first-order valence-electron chi connectivity index (χ1n) is 9.46. The first-order chi connectivity index (χ1) is 14.0. The molecule has 0 radical (unpaired) electrons. The Morgan fingerprint density at radius 1 is 1.17 bits per heavy atom. The van der Waals surface area contributed by atoms with Crippen molar-refractivity contribution in [1.82, 2.24) is 14.8 Å². The van der Waals surface area contributed by atoms with Crippen LogP contribution in [0.5, 0.6) is 5.88 Å². The Kier molecular flexibility index (Phi) is 5.74. The van der Waals surface area contributed by atoms with Gasteiger partial charge in [-0.3, -0.25) is 9.48 Å². The molecule has 1 aromatic carbocycles.